The summed E-state index contributed by atoms with van der Waals surface area (Å²) in [4.78, 5) is 14.9. The van der Waals surface area contributed by atoms with Crippen molar-refractivity contribution in [2.45, 2.75) is 39.4 Å². The van der Waals surface area contributed by atoms with E-state index in [0.717, 1.165) is 36.6 Å². The van der Waals surface area contributed by atoms with E-state index in [9.17, 15) is 4.79 Å². The number of benzene rings is 2. The molecule has 0 saturated heterocycles. The zero-order valence-electron chi connectivity index (χ0n) is 16.3. The average Bonchev–Trinajstić information content (AvgIpc) is 2.71. The number of methoxy groups -OCH3 is 1. The molecule has 1 N–H and O–H groups in total. The first-order valence-electron chi connectivity index (χ1n) is 9.50. The highest BCUT2D eigenvalue weighted by Gasteiger charge is 2.25. The van der Waals surface area contributed by atoms with Crippen LogP contribution in [-0.2, 0) is 24.3 Å². The summed E-state index contributed by atoms with van der Waals surface area (Å²) in [7, 11) is 1.64. The molecule has 27 heavy (non-hydrogen) atoms. The SMILES string of the molecule is CCOc1ccc2c(c1)CN(C(C)C(=O)NCc1ccccc1OC)CC2. The summed E-state index contributed by atoms with van der Waals surface area (Å²) < 4.78 is 11.0. The van der Waals surface area contributed by atoms with Crippen LogP contribution in [0.3, 0.4) is 0 Å². The second-order valence-corrected chi connectivity index (χ2v) is 6.79. The fraction of sp³-hybridized carbons (Fsp3) is 0.409. The van der Waals surface area contributed by atoms with Crippen LogP contribution < -0.4 is 14.8 Å². The number of para-hydroxylation sites is 1. The van der Waals surface area contributed by atoms with E-state index in [1.165, 1.54) is 11.1 Å². The van der Waals surface area contributed by atoms with Crippen LogP contribution >= 0.6 is 0 Å². The minimum atomic E-state index is -0.191. The molecule has 1 aliphatic rings. The molecule has 0 bridgehead atoms. The van der Waals surface area contributed by atoms with Gasteiger partial charge in [-0.25, -0.2) is 0 Å². The van der Waals surface area contributed by atoms with Crippen molar-refractivity contribution in [1.82, 2.24) is 10.2 Å². The molecule has 1 heterocycles. The molecule has 1 amide bonds. The lowest BCUT2D eigenvalue weighted by Crippen LogP contribution is -2.46. The van der Waals surface area contributed by atoms with Gasteiger partial charge in [-0.15, -0.1) is 0 Å². The number of hydrogen-bond acceptors (Lipinski definition) is 4. The van der Waals surface area contributed by atoms with Crippen molar-refractivity contribution in [2.75, 3.05) is 20.3 Å². The molecular formula is C22H28N2O3. The lowest BCUT2D eigenvalue weighted by molar-refractivity contribution is -0.126. The van der Waals surface area contributed by atoms with Crippen molar-refractivity contribution < 1.29 is 14.3 Å². The van der Waals surface area contributed by atoms with E-state index in [1.54, 1.807) is 7.11 Å². The smallest absolute Gasteiger partial charge is 0.237 e. The number of fused-ring (bicyclic) bond motifs is 1. The van der Waals surface area contributed by atoms with Crippen LogP contribution in [-0.4, -0.2) is 37.1 Å². The summed E-state index contributed by atoms with van der Waals surface area (Å²) in [5.41, 5.74) is 3.57. The summed E-state index contributed by atoms with van der Waals surface area (Å²) in [5, 5.41) is 3.04. The fourth-order valence-electron chi connectivity index (χ4n) is 3.49. The first-order valence-corrected chi connectivity index (χ1v) is 9.50. The lowest BCUT2D eigenvalue weighted by atomic mass is 9.98. The van der Waals surface area contributed by atoms with Crippen molar-refractivity contribution in [3.8, 4) is 11.5 Å². The summed E-state index contributed by atoms with van der Waals surface area (Å²) in [6, 6.07) is 13.8. The van der Waals surface area contributed by atoms with Gasteiger partial charge in [0, 0.05) is 25.2 Å². The van der Waals surface area contributed by atoms with Gasteiger partial charge in [0.25, 0.3) is 0 Å². The molecule has 2 aromatic carbocycles. The van der Waals surface area contributed by atoms with E-state index in [-0.39, 0.29) is 11.9 Å². The first kappa shape index (κ1) is 19.2. The van der Waals surface area contributed by atoms with E-state index in [0.29, 0.717) is 13.2 Å². The molecule has 5 nitrogen and oxygen atoms in total. The number of nitrogens with zero attached hydrogens (tertiary/aromatic N) is 1. The Morgan fingerprint density at radius 3 is 2.81 bits per heavy atom. The van der Waals surface area contributed by atoms with Crippen LogP contribution in [0.4, 0.5) is 0 Å². The van der Waals surface area contributed by atoms with Crippen molar-refractivity contribution in [3.63, 3.8) is 0 Å². The summed E-state index contributed by atoms with van der Waals surface area (Å²) >= 11 is 0. The molecule has 3 rings (SSSR count). The molecule has 0 spiro atoms. The Morgan fingerprint density at radius 1 is 1.22 bits per heavy atom. The molecule has 1 atom stereocenters. The van der Waals surface area contributed by atoms with Gasteiger partial charge >= 0.3 is 0 Å². The maximum absolute atomic E-state index is 12.7. The van der Waals surface area contributed by atoms with E-state index < -0.39 is 0 Å². The number of rotatable bonds is 7. The Morgan fingerprint density at radius 2 is 2.04 bits per heavy atom. The Bertz CT molecular complexity index is 791. The second-order valence-electron chi connectivity index (χ2n) is 6.79. The van der Waals surface area contributed by atoms with Crippen LogP contribution in [0.2, 0.25) is 0 Å². The number of amides is 1. The van der Waals surface area contributed by atoms with Gasteiger partial charge in [-0.2, -0.15) is 0 Å². The molecule has 0 aliphatic carbocycles. The monoisotopic (exact) mass is 368 g/mol. The number of carbonyl (C=O) groups is 1. The van der Waals surface area contributed by atoms with Gasteiger partial charge in [-0.05, 0) is 49.6 Å². The quantitative estimate of drug-likeness (QED) is 0.816. The second kappa shape index (κ2) is 8.91. The molecule has 144 valence electrons. The molecular weight excluding hydrogens is 340 g/mol. The Kier molecular flexibility index (Phi) is 6.35. The topological polar surface area (TPSA) is 50.8 Å². The molecule has 2 aromatic rings. The van der Waals surface area contributed by atoms with Crippen LogP contribution in [0.1, 0.15) is 30.5 Å². The third kappa shape index (κ3) is 4.61. The van der Waals surface area contributed by atoms with Gasteiger partial charge in [0.1, 0.15) is 11.5 Å². The largest absolute Gasteiger partial charge is 0.496 e. The molecule has 5 heteroatoms. The average molecular weight is 368 g/mol. The van der Waals surface area contributed by atoms with Gasteiger partial charge < -0.3 is 14.8 Å². The fourth-order valence-corrected chi connectivity index (χ4v) is 3.49. The van der Waals surface area contributed by atoms with Gasteiger partial charge in [0.15, 0.2) is 0 Å². The minimum absolute atomic E-state index is 0.0327. The predicted octanol–water partition coefficient (Wildman–Crippen LogP) is 3.16. The zero-order valence-corrected chi connectivity index (χ0v) is 16.3. The van der Waals surface area contributed by atoms with E-state index in [2.05, 4.69) is 22.3 Å². The van der Waals surface area contributed by atoms with Gasteiger partial charge in [0.05, 0.1) is 19.8 Å². The highest BCUT2D eigenvalue weighted by atomic mass is 16.5. The molecule has 0 fully saturated rings. The van der Waals surface area contributed by atoms with Gasteiger partial charge in [-0.3, -0.25) is 9.69 Å². The zero-order chi connectivity index (χ0) is 19.2. The highest BCUT2D eigenvalue weighted by Crippen LogP contribution is 2.25. The normalized spacial score (nSPS) is 14.9. The van der Waals surface area contributed by atoms with E-state index in [4.69, 9.17) is 9.47 Å². The lowest BCUT2D eigenvalue weighted by Gasteiger charge is -2.33. The third-order valence-corrected chi connectivity index (χ3v) is 5.10. The summed E-state index contributed by atoms with van der Waals surface area (Å²) in [6.07, 6.45) is 0.950. The highest BCUT2D eigenvalue weighted by molar-refractivity contribution is 5.81. The minimum Gasteiger partial charge on any atom is -0.496 e. The third-order valence-electron chi connectivity index (χ3n) is 5.10. The molecule has 0 saturated carbocycles. The molecule has 1 unspecified atom stereocenters. The van der Waals surface area contributed by atoms with Crippen molar-refractivity contribution in [1.29, 1.82) is 0 Å². The van der Waals surface area contributed by atoms with E-state index >= 15 is 0 Å². The van der Waals surface area contributed by atoms with Crippen LogP contribution in [0.25, 0.3) is 0 Å². The summed E-state index contributed by atoms with van der Waals surface area (Å²) in [5.74, 6) is 1.72. The molecule has 0 aromatic heterocycles. The van der Waals surface area contributed by atoms with Crippen molar-refractivity contribution in [3.05, 3.63) is 59.2 Å². The summed E-state index contributed by atoms with van der Waals surface area (Å²) in [6.45, 7) is 6.72. The molecule has 0 radical (unpaired) electrons. The van der Waals surface area contributed by atoms with Crippen LogP contribution in [0.5, 0.6) is 11.5 Å². The van der Waals surface area contributed by atoms with Gasteiger partial charge in [0.2, 0.25) is 5.91 Å². The maximum Gasteiger partial charge on any atom is 0.237 e. The van der Waals surface area contributed by atoms with Crippen LogP contribution in [0.15, 0.2) is 42.5 Å². The number of nitrogens with one attached hydrogen (secondary N) is 1. The molecule has 1 aliphatic heterocycles. The van der Waals surface area contributed by atoms with Crippen LogP contribution in [0, 0.1) is 0 Å². The Labute approximate surface area is 161 Å². The predicted molar refractivity (Wildman–Crippen MR) is 106 cm³/mol. The Hall–Kier alpha value is -2.53. The number of carbonyl (C=O) groups excluding carboxylic acids is 1. The first-order chi connectivity index (χ1) is 13.1. The number of hydrogen-bond donors (Lipinski definition) is 1. The standard InChI is InChI=1S/C22H28N2O3/c1-4-27-20-10-9-17-11-12-24(15-19(17)13-20)16(2)22(25)23-14-18-7-5-6-8-21(18)26-3/h5-10,13,16H,4,11-12,14-15H2,1-3H3,(H,23,25). The van der Waals surface area contributed by atoms with Crippen molar-refractivity contribution in [2.24, 2.45) is 0 Å². The Balaban J connectivity index is 1.61. The van der Waals surface area contributed by atoms with E-state index in [1.807, 2.05) is 44.2 Å². The number of ether oxygens (including phenoxy) is 2. The van der Waals surface area contributed by atoms with Gasteiger partial charge in [-0.1, -0.05) is 24.3 Å². The maximum atomic E-state index is 12.7. The van der Waals surface area contributed by atoms with Crippen molar-refractivity contribution >= 4 is 5.91 Å².